The topological polar surface area (TPSA) is 93.2 Å². The molecule has 1 aromatic heterocycles. The minimum atomic E-state index is -0.495. The summed E-state index contributed by atoms with van der Waals surface area (Å²) < 4.78 is 5.78. The third-order valence-electron chi connectivity index (χ3n) is 3.62. The Kier molecular flexibility index (Phi) is 6.99. The highest BCUT2D eigenvalue weighted by atomic mass is 32.2. The lowest BCUT2D eigenvalue weighted by atomic mass is 10.2. The Morgan fingerprint density at radius 2 is 1.82 bits per heavy atom. The third-order valence-corrected chi connectivity index (χ3v) is 5.64. The zero-order valence-electron chi connectivity index (χ0n) is 15.0. The number of rotatable bonds is 8. The predicted octanol–water partition coefficient (Wildman–Crippen LogP) is 3.21. The first-order valence-corrected chi connectivity index (χ1v) is 10.2. The Hall–Kier alpha value is -2.91. The van der Waals surface area contributed by atoms with Crippen LogP contribution in [0, 0.1) is 0 Å². The van der Waals surface area contributed by atoms with E-state index >= 15 is 0 Å². The number of hydrogen-bond donors (Lipinski definition) is 2. The average Bonchev–Trinajstić information content (AvgIpc) is 3.19. The van der Waals surface area contributed by atoms with Crippen LogP contribution in [0.1, 0.15) is 15.9 Å². The summed E-state index contributed by atoms with van der Waals surface area (Å²) in [5.74, 6) is -0.423. The van der Waals surface area contributed by atoms with Gasteiger partial charge in [-0.1, -0.05) is 65.6 Å². The van der Waals surface area contributed by atoms with Crippen LogP contribution in [0.3, 0.4) is 0 Å². The Morgan fingerprint density at radius 1 is 1.07 bits per heavy atom. The van der Waals surface area contributed by atoms with Crippen molar-refractivity contribution in [2.45, 2.75) is 10.9 Å². The van der Waals surface area contributed by atoms with E-state index in [0.717, 1.165) is 5.56 Å². The fourth-order valence-corrected chi connectivity index (χ4v) is 3.85. The van der Waals surface area contributed by atoms with E-state index in [2.05, 4.69) is 20.8 Å². The molecule has 0 aliphatic heterocycles. The van der Waals surface area contributed by atoms with Crippen molar-refractivity contribution in [1.29, 1.82) is 0 Å². The molecule has 0 aliphatic rings. The zero-order chi connectivity index (χ0) is 19.8. The fraction of sp³-hybridized carbons (Fsp3) is 0.158. The molecule has 0 radical (unpaired) electrons. The maximum absolute atomic E-state index is 12.2. The van der Waals surface area contributed by atoms with Gasteiger partial charge in [-0.3, -0.25) is 14.9 Å². The lowest BCUT2D eigenvalue weighted by molar-refractivity contribution is -0.117. The Bertz CT molecular complexity index is 947. The highest BCUT2D eigenvalue weighted by molar-refractivity contribution is 8.01. The molecule has 7 nitrogen and oxygen atoms in total. The van der Waals surface area contributed by atoms with E-state index < -0.39 is 11.8 Å². The molecular weight excluding hydrogens is 396 g/mol. The van der Waals surface area contributed by atoms with E-state index in [9.17, 15) is 9.59 Å². The van der Waals surface area contributed by atoms with E-state index in [1.54, 1.807) is 24.3 Å². The summed E-state index contributed by atoms with van der Waals surface area (Å²) in [5, 5.41) is 14.3. The first kappa shape index (κ1) is 19.8. The smallest absolute Gasteiger partial charge is 0.261 e. The average molecular weight is 415 g/mol. The van der Waals surface area contributed by atoms with Gasteiger partial charge in [0, 0.05) is 6.54 Å². The normalized spacial score (nSPS) is 10.3. The van der Waals surface area contributed by atoms with Gasteiger partial charge < -0.3 is 10.1 Å². The summed E-state index contributed by atoms with van der Waals surface area (Å²) in [6, 6.07) is 16.7. The first-order chi connectivity index (χ1) is 13.7. The second-order valence-electron chi connectivity index (χ2n) is 5.58. The Morgan fingerprint density at radius 3 is 2.61 bits per heavy atom. The van der Waals surface area contributed by atoms with Gasteiger partial charge in [0.2, 0.25) is 11.0 Å². The van der Waals surface area contributed by atoms with Crippen LogP contribution >= 0.6 is 23.1 Å². The minimum Gasteiger partial charge on any atom is -0.496 e. The number of hydrogen-bond acceptors (Lipinski definition) is 8. The number of thioether (sulfide) groups is 1. The van der Waals surface area contributed by atoms with E-state index in [-0.39, 0.29) is 5.75 Å². The predicted molar refractivity (Wildman–Crippen MR) is 110 cm³/mol. The third kappa shape index (κ3) is 5.54. The van der Waals surface area contributed by atoms with Crippen LogP contribution in [0.4, 0.5) is 5.13 Å². The van der Waals surface area contributed by atoms with E-state index in [1.807, 2.05) is 30.3 Å². The first-order valence-electron chi connectivity index (χ1n) is 8.37. The maximum Gasteiger partial charge on any atom is 0.261 e. The molecule has 2 amide bonds. The van der Waals surface area contributed by atoms with Crippen LogP contribution in [0.5, 0.6) is 5.75 Å². The molecule has 3 aromatic rings. The molecule has 0 saturated heterocycles. The summed E-state index contributed by atoms with van der Waals surface area (Å²) in [4.78, 5) is 24.3. The number of ether oxygens (including phenoxy) is 1. The molecule has 3 rings (SSSR count). The second-order valence-corrected chi connectivity index (χ2v) is 7.78. The molecule has 28 heavy (non-hydrogen) atoms. The Balaban J connectivity index is 1.47. The van der Waals surface area contributed by atoms with Crippen molar-refractivity contribution in [1.82, 2.24) is 15.5 Å². The highest BCUT2D eigenvalue weighted by Crippen LogP contribution is 2.25. The number of nitrogens with zero attached hydrogens (tertiary/aromatic N) is 2. The van der Waals surface area contributed by atoms with Gasteiger partial charge in [-0.15, -0.1) is 10.2 Å². The number of carbonyl (C=O) groups is 2. The quantitative estimate of drug-likeness (QED) is 0.547. The number of benzene rings is 2. The molecular formula is C19H18N4O3S2. The molecule has 0 bridgehead atoms. The van der Waals surface area contributed by atoms with Gasteiger partial charge in [0.15, 0.2) is 4.34 Å². The SMILES string of the molecule is COc1ccccc1C(=O)NC(=O)CSc1nnc(NCc2ccccc2)s1. The summed E-state index contributed by atoms with van der Waals surface area (Å²) in [7, 11) is 1.47. The van der Waals surface area contributed by atoms with Crippen molar-refractivity contribution in [3.05, 3.63) is 65.7 Å². The standard InChI is InChI=1S/C19H18N4O3S2/c1-26-15-10-6-5-9-14(15)17(25)21-16(24)12-27-19-23-22-18(28-19)20-11-13-7-3-2-4-8-13/h2-10H,11-12H2,1H3,(H,20,22)(H,21,24,25). The molecule has 9 heteroatoms. The monoisotopic (exact) mass is 414 g/mol. The van der Waals surface area contributed by atoms with Crippen molar-refractivity contribution in [2.75, 3.05) is 18.2 Å². The van der Waals surface area contributed by atoms with Gasteiger partial charge in [-0.25, -0.2) is 0 Å². The van der Waals surface area contributed by atoms with E-state index in [1.165, 1.54) is 30.2 Å². The van der Waals surface area contributed by atoms with Gasteiger partial charge >= 0.3 is 0 Å². The molecule has 144 valence electrons. The van der Waals surface area contributed by atoms with Gasteiger partial charge in [0.1, 0.15) is 5.75 Å². The summed E-state index contributed by atoms with van der Waals surface area (Å²) in [6.07, 6.45) is 0. The van der Waals surface area contributed by atoms with Crippen LogP contribution in [-0.2, 0) is 11.3 Å². The molecule has 0 fully saturated rings. The number of amides is 2. The molecule has 1 heterocycles. The number of anilines is 1. The van der Waals surface area contributed by atoms with Crippen molar-refractivity contribution in [3.8, 4) is 5.75 Å². The molecule has 0 spiro atoms. The molecule has 2 aromatic carbocycles. The minimum absolute atomic E-state index is 0.0637. The fourth-order valence-electron chi connectivity index (χ4n) is 2.30. The van der Waals surface area contributed by atoms with Crippen LogP contribution in [0.15, 0.2) is 58.9 Å². The lowest BCUT2D eigenvalue weighted by Gasteiger charge is -2.07. The number of aromatic nitrogens is 2. The maximum atomic E-state index is 12.2. The number of carbonyl (C=O) groups excluding carboxylic acids is 2. The number of methoxy groups -OCH3 is 1. The van der Waals surface area contributed by atoms with Crippen molar-refractivity contribution < 1.29 is 14.3 Å². The molecule has 0 aliphatic carbocycles. The molecule has 0 unspecified atom stereocenters. The van der Waals surface area contributed by atoms with Crippen LogP contribution < -0.4 is 15.4 Å². The summed E-state index contributed by atoms with van der Waals surface area (Å²) >= 11 is 2.59. The zero-order valence-corrected chi connectivity index (χ0v) is 16.7. The van der Waals surface area contributed by atoms with Gasteiger partial charge in [-0.05, 0) is 17.7 Å². The highest BCUT2D eigenvalue weighted by Gasteiger charge is 2.15. The van der Waals surface area contributed by atoms with Gasteiger partial charge in [-0.2, -0.15) is 0 Å². The number of nitrogens with one attached hydrogen (secondary N) is 2. The van der Waals surface area contributed by atoms with Crippen LogP contribution in [-0.4, -0.2) is 34.9 Å². The molecule has 2 N–H and O–H groups in total. The van der Waals surface area contributed by atoms with Crippen molar-refractivity contribution >= 4 is 40.0 Å². The Labute approximate surface area is 170 Å². The number of imide groups is 1. The summed E-state index contributed by atoms with van der Waals surface area (Å²) in [5.41, 5.74) is 1.45. The number of para-hydroxylation sites is 1. The van der Waals surface area contributed by atoms with E-state index in [4.69, 9.17) is 4.74 Å². The van der Waals surface area contributed by atoms with Crippen LogP contribution in [0.25, 0.3) is 0 Å². The van der Waals surface area contributed by atoms with Gasteiger partial charge in [0.05, 0.1) is 18.4 Å². The van der Waals surface area contributed by atoms with Crippen LogP contribution in [0.2, 0.25) is 0 Å². The van der Waals surface area contributed by atoms with E-state index in [0.29, 0.717) is 27.3 Å². The molecule has 0 saturated carbocycles. The molecule has 0 atom stereocenters. The largest absolute Gasteiger partial charge is 0.496 e. The lowest BCUT2D eigenvalue weighted by Crippen LogP contribution is -2.32. The van der Waals surface area contributed by atoms with Gasteiger partial charge in [0.25, 0.3) is 5.91 Å². The van der Waals surface area contributed by atoms with Crippen molar-refractivity contribution in [3.63, 3.8) is 0 Å². The summed E-state index contributed by atoms with van der Waals surface area (Å²) in [6.45, 7) is 0.647. The van der Waals surface area contributed by atoms with Crippen molar-refractivity contribution in [2.24, 2.45) is 0 Å². The second kappa shape index (κ2) is 9.86.